The quantitative estimate of drug-likeness (QED) is 0.320. The monoisotopic (exact) mass is 507 g/mol. The molecule has 8 nitrogen and oxygen atoms in total. The number of furan rings is 1. The van der Waals surface area contributed by atoms with Gasteiger partial charge in [-0.15, -0.1) is 5.10 Å². The molecule has 2 aromatic heterocycles. The first-order chi connectivity index (χ1) is 17.0. The third kappa shape index (κ3) is 5.58. The van der Waals surface area contributed by atoms with E-state index < -0.39 is 0 Å². The second-order valence-electron chi connectivity index (χ2n) is 7.98. The molecule has 1 aliphatic heterocycles. The van der Waals surface area contributed by atoms with Crippen LogP contribution in [0.5, 0.6) is 5.75 Å². The highest BCUT2D eigenvalue weighted by molar-refractivity contribution is 7.99. The van der Waals surface area contributed by atoms with Crippen molar-refractivity contribution in [1.82, 2.24) is 20.2 Å². The number of thioether (sulfide) groups is 1. The number of carbonyl (C=O) groups excluding carboxylic acids is 1. The SMILES string of the molecule is Cc1ccc(OCc2nc(SCC(=O)N3N=C(c4ccc(Cl)cc4)C[C@H]3c3ccco3)n[nH]2)cc1. The van der Waals surface area contributed by atoms with Gasteiger partial charge in [0.1, 0.15) is 24.2 Å². The van der Waals surface area contributed by atoms with E-state index in [4.69, 9.17) is 20.8 Å². The van der Waals surface area contributed by atoms with E-state index in [0.717, 1.165) is 22.6 Å². The first-order valence-corrected chi connectivity index (χ1v) is 12.3. The van der Waals surface area contributed by atoms with E-state index in [1.165, 1.54) is 16.8 Å². The van der Waals surface area contributed by atoms with E-state index in [-0.39, 0.29) is 24.3 Å². The lowest BCUT2D eigenvalue weighted by Gasteiger charge is -2.19. The molecule has 4 aromatic rings. The summed E-state index contributed by atoms with van der Waals surface area (Å²) in [4.78, 5) is 17.6. The number of rotatable bonds is 8. The van der Waals surface area contributed by atoms with Crippen LogP contribution < -0.4 is 4.74 Å². The molecule has 0 bridgehead atoms. The predicted molar refractivity (Wildman–Crippen MR) is 134 cm³/mol. The molecular formula is C25H22ClN5O3S. The summed E-state index contributed by atoms with van der Waals surface area (Å²) in [6.45, 7) is 2.28. The van der Waals surface area contributed by atoms with Crippen LogP contribution in [0.1, 0.15) is 35.2 Å². The molecule has 1 atom stereocenters. The molecule has 0 saturated heterocycles. The van der Waals surface area contributed by atoms with Gasteiger partial charge in [0.2, 0.25) is 5.16 Å². The average molecular weight is 508 g/mol. The number of ether oxygens (including phenoxy) is 1. The highest BCUT2D eigenvalue weighted by atomic mass is 35.5. The molecule has 0 spiro atoms. The van der Waals surface area contributed by atoms with Gasteiger partial charge in [-0.05, 0) is 48.9 Å². The van der Waals surface area contributed by atoms with Crippen LogP contribution in [0.3, 0.4) is 0 Å². The van der Waals surface area contributed by atoms with Crippen LogP contribution in [0.4, 0.5) is 0 Å². The summed E-state index contributed by atoms with van der Waals surface area (Å²) >= 11 is 7.26. The van der Waals surface area contributed by atoms with Gasteiger partial charge in [-0.3, -0.25) is 9.89 Å². The Hall–Kier alpha value is -3.56. The van der Waals surface area contributed by atoms with Crippen LogP contribution >= 0.6 is 23.4 Å². The zero-order valence-corrected chi connectivity index (χ0v) is 20.4. The molecule has 1 N–H and O–H groups in total. The number of amides is 1. The maximum absolute atomic E-state index is 13.1. The zero-order valence-electron chi connectivity index (χ0n) is 18.8. The van der Waals surface area contributed by atoms with Crippen molar-refractivity contribution in [3.63, 3.8) is 0 Å². The van der Waals surface area contributed by atoms with Gasteiger partial charge in [-0.1, -0.05) is 53.2 Å². The van der Waals surface area contributed by atoms with Gasteiger partial charge in [0.25, 0.3) is 5.91 Å². The molecule has 0 fully saturated rings. The van der Waals surface area contributed by atoms with Crippen LogP contribution in [-0.4, -0.2) is 37.6 Å². The maximum Gasteiger partial charge on any atom is 0.253 e. The van der Waals surface area contributed by atoms with Crippen molar-refractivity contribution in [2.24, 2.45) is 5.10 Å². The van der Waals surface area contributed by atoms with Gasteiger partial charge in [0.05, 0.1) is 17.7 Å². The van der Waals surface area contributed by atoms with Gasteiger partial charge in [0.15, 0.2) is 5.82 Å². The fraction of sp³-hybridized carbons (Fsp3) is 0.200. The zero-order chi connectivity index (χ0) is 24.2. The van der Waals surface area contributed by atoms with Gasteiger partial charge in [-0.2, -0.15) is 5.10 Å². The van der Waals surface area contributed by atoms with Gasteiger partial charge in [0, 0.05) is 11.4 Å². The Kier molecular flexibility index (Phi) is 6.87. The lowest BCUT2D eigenvalue weighted by molar-refractivity contribution is -0.130. The maximum atomic E-state index is 13.1. The summed E-state index contributed by atoms with van der Waals surface area (Å²) < 4.78 is 11.3. The second-order valence-corrected chi connectivity index (χ2v) is 9.36. The summed E-state index contributed by atoms with van der Waals surface area (Å²) in [5.41, 5.74) is 2.88. The molecule has 3 heterocycles. The lowest BCUT2D eigenvalue weighted by atomic mass is 10.0. The third-order valence-corrected chi connectivity index (χ3v) is 6.53. The average Bonchev–Trinajstić information content (AvgIpc) is 3.63. The highest BCUT2D eigenvalue weighted by Gasteiger charge is 2.34. The molecule has 0 aliphatic carbocycles. The number of carbonyl (C=O) groups is 1. The third-order valence-electron chi connectivity index (χ3n) is 5.45. The summed E-state index contributed by atoms with van der Waals surface area (Å²) in [5.74, 6) is 1.99. The summed E-state index contributed by atoms with van der Waals surface area (Å²) in [5, 5.41) is 14.3. The molecule has 1 amide bonds. The molecule has 0 saturated carbocycles. The number of benzene rings is 2. The molecule has 178 valence electrons. The van der Waals surface area contributed by atoms with Crippen LogP contribution in [0.2, 0.25) is 5.02 Å². The minimum atomic E-state index is -0.311. The Labute approximate surface area is 211 Å². The Morgan fingerprint density at radius 2 is 2.00 bits per heavy atom. The number of nitrogens with zero attached hydrogens (tertiary/aromatic N) is 4. The number of aryl methyl sites for hydroxylation is 1. The van der Waals surface area contributed by atoms with Crippen LogP contribution in [0.15, 0.2) is 81.6 Å². The van der Waals surface area contributed by atoms with Crippen molar-refractivity contribution in [2.75, 3.05) is 5.75 Å². The standard InChI is InChI=1S/C25H22ClN5O3S/c1-16-4-10-19(11-5-16)34-14-23-27-25(29-28-23)35-15-24(32)31-21(22-3-2-12-33-22)13-20(30-31)17-6-8-18(26)9-7-17/h2-12,21H,13-15H2,1H3,(H,27,28,29)/t21-/m0/s1. The van der Waals surface area contributed by atoms with E-state index in [2.05, 4.69) is 20.3 Å². The van der Waals surface area contributed by atoms with Crippen LogP contribution in [0, 0.1) is 6.92 Å². The Bertz CT molecular complexity index is 1320. The lowest BCUT2D eigenvalue weighted by Crippen LogP contribution is -2.28. The molecular weight excluding hydrogens is 486 g/mol. The Balaban J connectivity index is 1.23. The molecule has 35 heavy (non-hydrogen) atoms. The molecule has 5 rings (SSSR count). The van der Waals surface area contributed by atoms with Crippen molar-refractivity contribution in [3.05, 3.63) is 94.7 Å². The van der Waals surface area contributed by atoms with Gasteiger partial charge < -0.3 is 9.15 Å². The number of hydrazone groups is 1. The van der Waals surface area contributed by atoms with E-state index in [9.17, 15) is 4.79 Å². The normalized spacial score (nSPS) is 15.3. The van der Waals surface area contributed by atoms with Crippen molar-refractivity contribution in [2.45, 2.75) is 31.1 Å². The predicted octanol–water partition coefficient (Wildman–Crippen LogP) is 5.41. The number of hydrogen-bond donors (Lipinski definition) is 1. The fourth-order valence-corrected chi connectivity index (χ4v) is 4.44. The van der Waals surface area contributed by atoms with E-state index in [1.54, 1.807) is 12.3 Å². The second kappa shape index (κ2) is 10.4. The minimum Gasteiger partial charge on any atom is -0.486 e. The largest absolute Gasteiger partial charge is 0.486 e. The number of halogens is 1. The highest BCUT2D eigenvalue weighted by Crippen LogP contribution is 2.34. The summed E-state index contributed by atoms with van der Waals surface area (Å²) in [6, 6.07) is 18.6. The van der Waals surface area contributed by atoms with E-state index in [1.807, 2.05) is 61.5 Å². The summed E-state index contributed by atoms with van der Waals surface area (Å²) in [6.07, 6.45) is 2.15. The molecule has 0 unspecified atom stereocenters. The number of H-pyrrole nitrogens is 1. The smallest absolute Gasteiger partial charge is 0.253 e. The van der Waals surface area contributed by atoms with Crippen LogP contribution in [-0.2, 0) is 11.4 Å². The van der Waals surface area contributed by atoms with Crippen molar-refractivity contribution < 1.29 is 13.9 Å². The first kappa shape index (κ1) is 23.2. The number of aromatic amines is 1. The number of hydrogen-bond acceptors (Lipinski definition) is 7. The molecule has 0 radical (unpaired) electrons. The minimum absolute atomic E-state index is 0.130. The Morgan fingerprint density at radius 1 is 1.20 bits per heavy atom. The van der Waals surface area contributed by atoms with Gasteiger partial charge in [-0.25, -0.2) is 9.99 Å². The van der Waals surface area contributed by atoms with Crippen molar-refractivity contribution >= 4 is 35.0 Å². The van der Waals surface area contributed by atoms with Crippen molar-refractivity contribution in [3.8, 4) is 5.75 Å². The van der Waals surface area contributed by atoms with Gasteiger partial charge >= 0.3 is 0 Å². The fourth-order valence-electron chi connectivity index (χ4n) is 3.65. The Morgan fingerprint density at radius 3 is 2.74 bits per heavy atom. The molecule has 1 aliphatic rings. The van der Waals surface area contributed by atoms with Crippen molar-refractivity contribution in [1.29, 1.82) is 0 Å². The number of nitrogens with one attached hydrogen (secondary N) is 1. The topological polar surface area (TPSA) is 96.6 Å². The molecule has 10 heteroatoms. The summed E-state index contributed by atoms with van der Waals surface area (Å²) in [7, 11) is 0. The first-order valence-electron chi connectivity index (χ1n) is 11.0. The van der Waals surface area contributed by atoms with Crippen LogP contribution in [0.25, 0.3) is 0 Å². The van der Waals surface area contributed by atoms with E-state index >= 15 is 0 Å². The van der Waals surface area contributed by atoms with E-state index in [0.29, 0.717) is 28.2 Å². The number of aromatic nitrogens is 3. The molecule has 2 aromatic carbocycles.